The molecule has 2 aromatic rings. The minimum atomic E-state index is -3.42. The number of nitrogens with one attached hydrogen (secondary N) is 3. The summed E-state index contributed by atoms with van der Waals surface area (Å²) in [7, 11) is -1.87. The van der Waals surface area contributed by atoms with Gasteiger partial charge in [0.1, 0.15) is 16.8 Å². The number of pyridine rings is 1. The summed E-state index contributed by atoms with van der Waals surface area (Å²) in [6.45, 7) is 4.12. The second-order valence-electron chi connectivity index (χ2n) is 8.11. The Balaban J connectivity index is 1.38. The number of H-pyrrole nitrogens is 1. The summed E-state index contributed by atoms with van der Waals surface area (Å²) in [5.74, 6) is 1.38. The van der Waals surface area contributed by atoms with Gasteiger partial charge < -0.3 is 15.4 Å². The van der Waals surface area contributed by atoms with E-state index in [1.807, 2.05) is 19.9 Å². The molecular weight excluding hydrogens is 408 g/mol. The Hall–Kier alpha value is -2.66. The highest BCUT2D eigenvalue weighted by Gasteiger charge is 2.33. The molecule has 0 spiro atoms. The predicted molar refractivity (Wildman–Crippen MR) is 110 cm³/mol. The Bertz CT molecular complexity index is 1050. The van der Waals surface area contributed by atoms with Crippen molar-refractivity contribution in [3.05, 3.63) is 29.6 Å². The van der Waals surface area contributed by atoms with Gasteiger partial charge in [-0.15, -0.1) is 0 Å². The lowest BCUT2D eigenvalue weighted by Crippen LogP contribution is -2.33. The van der Waals surface area contributed by atoms with Crippen LogP contribution in [-0.4, -0.2) is 53.2 Å². The van der Waals surface area contributed by atoms with Crippen molar-refractivity contribution >= 4 is 27.8 Å². The van der Waals surface area contributed by atoms with Crippen LogP contribution in [0.15, 0.2) is 23.2 Å². The molecule has 0 radical (unpaired) electrons. The normalized spacial score (nSPS) is 22.8. The highest BCUT2D eigenvalue weighted by molar-refractivity contribution is 7.89. The van der Waals surface area contributed by atoms with E-state index in [0.29, 0.717) is 23.7 Å². The minimum Gasteiger partial charge on any atom is -0.446 e. The van der Waals surface area contributed by atoms with E-state index in [1.165, 1.54) is 10.5 Å². The molecule has 0 unspecified atom stereocenters. The zero-order valence-corrected chi connectivity index (χ0v) is 18.0. The van der Waals surface area contributed by atoms with Gasteiger partial charge in [0.25, 0.3) is 0 Å². The Kier molecular flexibility index (Phi) is 5.41. The average molecular weight is 435 g/mol. The molecule has 0 aromatic carbocycles. The van der Waals surface area contributed by atoms with Crippen molar-refractivity contribution in [3.8, 4) is 0 Å². The molecule has 3 heterocycles. The van der Waals surface area contributed by atoms with E-state index in [1.54, 1.807) is 13.1 Å². The summed E-state index contributed by atoms with van der Waals surface area (Å²) in [4.78, 5) is 16.3. The number of rotatable bonds is 5. The molecule has 1 amide bonds. The van der Waals surface area contributed by atoms with E-state index in [0.717, 1.165) is 25.0 Å². The molecule has 2 aromatic heterocycles. The largest absolute Gasteiger partial charge is 0.446 e. The van der Waals surface area contributed by atoms with Gasteiger partial charge in [0.2, 0.25) is 10.0 Å². The highest BCUT2D eigenvalue weighted by Crippen LogP contribution is 2.36. The number of anilines is 2. The van der Waals surface area contributed by atoms with Crippen LogP contribution in [0.1, 0.15) is 50.3 Å². The summed E-state index contributed by atoms with van der Waals surface area (Å²) < 4.78 is 31.1. The van der Waals surface area contributed by atoms with Crippen LogP contribution in [0.2, 0.25) is 0 Å². The molecule has 1 aliphatic carbocycles. The number of carbonyl (C=O) groups is 1. The summed E-state index contributed by atoms with van der Waals surface area (Å²) >= 11 is 0. The number of hydrogen-bond acceptors (Lipinski definition) is 7. The molecule has 0 saturated heterocycles. The lowest BCUT2D eigenvalue weighted by atomic mass is 10.0. The van der Waals surface area contributed by atoms with Crippen molar-refractivity contribution in [3.63, 3.8) is 0 Å². The maximum atomic E-state index is 12.2. The fourth-order valence-corrected chi connectivity index (χ4v) is 5.18. The monoisotopic (exact) mass is 434 g/mol. The van der Waals surface area contributed by atoms with Crippen molar-refractivity contribution < 1.29 is 17.9 Å². The number of aromatic nitrogens is 3. The molecule has 1 fully saturated rings. The van der Waals surface area contributed by atoms with Crippen LogP contribution in [-0.2, 0) is 21.3 Å². The Morgan fingerprint density at radius 2 is 2.10 bits per heavy atom. The molecule has 3 N–H and O–H groups in total. The van der Waals surface area contributed by atoms with E-state index >= 15 is 0 Å². The number of sulfonamides is 1. The Morgan fingerprint density at radius 1 is 1.30 bits per heavy atom. The quantitative estimate of drug-likeness (QED) is 0.659. The zero-order chi connectivity index (χ0) is 21.5. The molecule has 2 atom stereocenters. The number of carbonyl (C=O) groups excluding carboxylic acids is 1. The van der Waals surface area contributed by atoms with Crippen LogP contribution >= 0.6 is 0 Å². The van der Waals surface area contributed by atoms with Gasteiger partial charge in [0, 0.05) is 43.5 Å². The van der Waals surface area contributed by atoms with Gasteiger partial charge in [-0.2, -0.15) is 9.40 Å². The number of aromatic amines is 1. The zero-order valence-electron chi connectivity index (χ0n) is 17.2. The van der Waals surface area contributed by atoms with Crippen LogP contribution < -0.4 is 10.6 Å². The smallest absolute Gasteiger partial charge is 0.407 e. The van der Waals surface area contributed by atoms with Crippen LogP contribution in [0, 0.1) is 0 Å². The average Bonchev–Trinajstić information content (AvgIpc) is 3.34. The van der Waals surface area contributed by atoms with E-state index in [4.69, 9.17) is 4.74 Å². The van der Waals surface area contributed by atoms with Crippen molar-refractivity contribution in [1.82, 2.24) is 24.8 Å². The Labute approximate surface area is 175 Å². The number of nitrogens with zero attached hydrogens (tertiary/aromatic N) is 3. The van der Waals surface area contributed by atoms with Crippen LogP contribution in [0.25, 0.3) is 0 Å². The number of fused-ring (bicyclic) bond motifs is 1. The molecule has 4 rings (SSSR count). The topological polar surface area (TPSA) is 129 Å². The number of amides is 1. The van der Waals surface area contributed by atoms with Crippen LogP contribution in [0.3, 0.4) is 0 Å². The van der Waals surface area contributed by atoms with Gasteiger partial charge in [-0.05, 0) is 44.7 Å². The number of alkyl carbamates (subject to hydrolysis) is 1. The summed E-state index contributed by atoms with van der Waals surface area (Å²) in [6, 6.07) is 3.69. The first kappa shape index (κ1) is 20.6. The van der Waals surface area contributed by atoms with Gasteiger partial charge in [-0.1, -0.05) is 0 Å². The highest BCUT2D eigenvalue weighted by atomic mass is 32.2. The molecule has 1 saturated carbocycles. The van der Waals surface area contributed by atoms with Crippen molar-refractivity contribution in [1.29, 1.82) is 0 Å². The van der Waals surface area contributed by atoms with Crippen molar-refractivity contribution in [2.24, 2.45) is 0 Å². The molecule has 10 nitrogen and oxygen atoms in total. The lowest BCUT2D eigenvalue weighted by molar-refractivity contribution is 0.0981. The molecule has 2 aliphatic rings. The van der Waals surface area contributed by atoms with E-state index in [-0.39, 0.29) is 29.1 Å². The first-order valence-electron chi connectivity index (χ1n) is 9.97. The van der Waals surface area contributed by atoms with E-state index < -0.39 is 10.0 Å². The minimum absolute atomic E-state index is 0.0456. The van der Waals surface area contributed by atoms with Gasteiger partial charge in [0.15, 0.2) is 5.82 Å². The molecule has 11 heteroatoms. The van der Waals surface area contributed by atoms with Crippen LogP contribution in [0.4, 0.5) is 16.4 Å². The van der Waals surface area contributed by atoms with Gasteiger partial charge in [-0.3, -0.25) is 5.10 Å². The summed E-state index contributed by atoms with van der Waals surface area (Å²) in [5, 5.41) is 13.2. The maximum Gasteiger partial charge on any atom is 0.407 e. The first-order chi connectivity index (χ1) is 14.2. The fraction of sp³-hybridized carbons (Fsp3) is 0.526. The molecule has 1 aliphatic heterocycles. The molecule has 162 valence electrons. The second kappa shape index (κ2) is 7.88. The SMILES string of the molecule is CC(C)NC(=O)O[C@@H]1CC[C@H](c2cc(Nc3cc4c(cn3)S(=O)(=O)N(C)C4)n[nH]2)C1. The lowest BCUT2D eigenvalue weighted by Gasteiger charge is -2.14. The van der Waals surface area contributed by atoms with Crippen LogP contribution in [0.5, 0.6) is 0 Å². The van der Waals surface area contributed by atoms with Gasteiger partial charge in [-0.25, -0.2) is 18.2 Å². The number of ether oxygens (including phenoxy) is 1. The standard InChI is InChI=1S/C19H26N6O4S/c1-11(2)21-19(26)29-14-5-4-12(6-14)15-8-18(24-23-15)22-17-7-13-10-25(3)30(27,28)16(13)9-20-17/h7-9,11-12,14H,4-6,10H2,1-3H3,(H,21,26)(H2,20,22,23,24)/t12-,14+/m0/s1. The summed E-state index contributed by atoms with van der Waals surface area (Å²) in [6.07, 6.45) is 3.36. The predicted octanol–water partition coefficient (Wildman–Crippen LogP) is 2.45. The number of hydrogen-bond donors (Lipinski definition) is 3. The van der Waals surface area contributed by atoms with Gasteiger partial charge >= 0.3 is 6.09 Å². The second-order valence-corrected chi connectivity index (χ2v) is 10.1. The molecule has 0 bridgehead atoms. The summed E-state index contributed by atoms with van der Waals surface area (Å²) in [5.41, 5.74) is 1.68. The third kappa shape index (κ3) is 4.12. The maximum absolute atomic E-state index is 12.2. The first-order valence-corrected chi connectivity index (χ1v) is 11.4. The third-order valence-electron chi connectivity index (χ3n) is 5.39. The van der Waals surface area contributed by atoms with E-state index in [9.17, 15) is 13.2 Å². The van der Waals surface area contributed by atoms with Crippen molar-refractivity contribution in [2.45, 2.75) is 62.6 Å². The fourth-order valence-electron chi connectivity index (χ4n) is 3.89. The van der Waals surface area contributed by atoms with Gasteiger partial charge in [0.05, 0.1) is 0 Å². The molecular formula is C19H26N6O4S. The third-order valence-corrected chi connectivity index (χ3v) is 7.26. The molecule has 30 heavy (non-hydrogen) atoms. The van der Waals surface area contributed by atoms with Crippen molar-refractivity contribution in [2.75, 3.05) is 12.4 Å². The Morgan fingerprint density at radius 3 is 2.87 bits per heavy atom. The van der Waals surface area contributed by atoms with E-state index in [2.05, 4.69) is 25.8 Å².